The fraction of sp³-hybridized carbons (Fsp3) is 0.615. The van der Waals surface area contributed by atoms with Gasteiger partial charge < -0.3 is 8.84 Å². The van der Waals surface area contributed by atoms with Crippen molar-refractivity contribution in [1.29, 1.82) is 0 Å². The third-order valence-corrected chi connectivity index (χ3v) is 7.95. The molecule has 0 aliphatic carbocycles. The van der Waals surface area contributed by atoms with Crippen molar-refractivity contribution in [1.82, 2.24) is 0 Å². The van der Waals surface area contributed by atoms with Gasteiger partial charge in [-0.2, -0.15) is 0 Å². The summed E-state index contributed by atoms with van der Waals surface area (Å²) in [4.78, 5) is 10.5. The van der Waals surface area contributed by atoms with Gasteiger partial charge in [0.15, 0.2) is 20.4 Å². The molecule has 17 heavy (non-hydrogen) atoms. The van der Waals surface area contributed by atoms with E-state index in [1.54, 1.807) is 6.07 Å². The molecule has 0 aliphatic rings. The monoisotopic (exact) mass is 254 g/mol. The minimum Gasteiger partial charge on any atom is -0.458 e. The van der Waals surface area contributed by atoms with E-state index in [4.69, 9.17) is 8.84 Å². The summed E-state index contributed by atoms with van der Waals surface area (Å²) >= 11 is 0. The topological polar surface area (TPSA) is 39.4 Å². The molecular formula is C13H22O3Si. The largest absolute Gasteiger partial charge is 0.458 e. The van der Waals surface area contributed by atoms with E-state index in [0.717, 1.165) is 18.5 Å². The van der Waals surface area contributed by atoms with Crippen LogP contribution >= 0.6 is 0 Å². The Hall–Kier alpha value is -0.873. The zero-order chi connectivity index (χ0) is 13.1. The highest BCUT2D eigenvalue weighted by Gasteiger charge is 2.36. The maximum atomic E-state index is 10.5. The van der Waals surface area contributed by atoms with Gasteiger partial charge in [0.25, 0.3) is 0 Å². The van der Waals surface area contributed by atoms with Crippen molar-refractivity contribution in [2.45, 2.75) is 45.3 Å². The molecule has 0 radical (unpaired) electrons. The second-order valence-corrected chi connectivity index (χ2v) is 10.6. The maximum Gasteiger partial charge on any atom is 0.191 e. The van der Waals surface area contributed by atoms with Gasteiger partial charge in [-0.05, 0) is 30.3 Å². The number of rotatable bonds is 5. The number of furan rings is 1. The average Bonchev–Trinajstić information content (AvgIpc) is 2.63. The number of hydrogen-bond donors (Lipinski definition) is 0. The van der Waals surface area contributed by atoms with Crippen molar-refractivity contribution < 1.29 is 13.6 Å². The van der Waals surface area contributed by atoms with E-state index in [9.17, 15) is 4.79 Å². The smallest absolute Gasteiger partial charge is 0.191 e. The van der Waals surface area contributed by atoms with Crippen LogP contribution < -0.4 is 0 Å². The molecule has 0 N–H and O–H groups in total. The van der Waals surface area contributed by atoms with Gasteiger partial charge in [0.1, 0.15) is 5.76 Å². The maximum absolute atomic E-state index is 10.5. The molecule has 4 heteroatoms. The second-order valence-electron chi connectivity index (χ2n) is 5.78. The summed E-state index contributed by atoms with van der Waals surface area (Å²) in [6.07, 6.45) is 1.44. The zero-order valence-electron chi connectivity index (χ0n) is 11.4. The summed E-state index contributed by atoms with van der Waals surface area (Å²) in [5.41, 5.74) is 0. The number of aldehydes is 1. The summed E-state index contributed by atoms with van der Waals surface area (Å²) in [5.74, 6) is 1.19. The second kappa shape index (κ2) is 5.19. The molecule has 0 amide bonds. The molecule has 0 unspecified atom stereocenters. The van der Waals surface area contributed by atoms with Crippen LogP contribution in [0.2, 0.25) is 18.1 Å². The molecule has 0 saturated carbocycles. The molecular weight excluding hydrogens is 232 g/mol. The Morgan fingerprint density at radius 2 is 2.00 bits per heavy atom. The van der Waals surface area contributed by atoms with Gasteiger partial charge in [-0.3, -0.25) is 4.79 Å². The minimum absolute atomic E-state index is 0.226. The van der Waals surface area contributed by atoms with Crippen LogP contribution in [0.25, 0.3) is 0 Å². The van der Waals surface area contributed by atoms with Crippen LogP contribution in [-0.4, -0.2) is 21.2 Å². The predicted molar refractivity (Wildman–Crippen MR) is 70.9 cm³/mol. The van der Waals surface area contributed by atoms with E-state index in [-0.39, 0.29) is 5.04 Å². The standard InChI is InChI=1S/C13H22O3Si/c1-13(2,3)17(4,5)15-9-8-11-6-7-12(10-14)16-11/h6-7,10H,8-9H2,1-5H3. The van der Waals surface area contributed by atoms with Crippen molar-refractivity contribution in [3.63, 3.8) is 0 Å². The Morgan fingerprint density at radius 3 is 2.47 bits per heavy atom. The molecule has 0 aromatic carbocycles. The summed E-state index contributed by atoms with van der Waals surface area (Å²) in [6.45, 7) is 11.8. The Balaban J connectivity index is 2.45. The van der Waals surface area contributed by atoms with Gasteiger partial charge in [0.2, 0.25) is 0 Å². The van der Waals surface area contributed by atoms with Crippen LogP contribution in [0.5, 0.6) is 0 Å². The highest BCUT2D eigenvalue weighted by atomic mass is 28.4. The van der Waals surface area contributed by atoms with E-state index < -0.39 is 8.32 Å². The molecule has 0 saturated heterocycles. The number of carbonyl (C=O) groups is 1. The lowest BCUT2D eigenvalue weighted by Crippen LogP contribution is -2.41. The van der Waals surface area contributed by atoms with E-state index in [0.29, 0.717) is 12.4 Å². The summed E-state index contributed by atoms with van der Waals surface area (Å²) in [6, 6.07) is 3.52. The molecule has 0 atom stereocenters. The fourth-order valence-electron chi connectivity index (χ4n) is 1.22. The van der Waals surface area contributed by atoms with E-state index in [1.165, 1.54) is 0 Å². The number of carbonyl (C=O) groups excluding carboxylic acids is 1. The molecule has 96 valence electrons. The normalized spacial score (nSPS) is 12.8. The first-order chi connectivity index (χ1) is 7.76. The molecule has 0 bridgehead atoms. The Labute approximate surface area is 104 Å². The number of hydrogen-bond acceptors (Lipinski definition) is 3. The van der Waals surface area contributed by atoms with Gasteiger partial charge in [0.05, 0.1) is 0 Å². The lowest BCUT2D eigenvalue weighted by atomic mass is 10.2. The molecule has 1 rings (SSSR count). The molecule has 0 spiro atoms. The van der Waals surface area contributed by atoms with Crippen LogP contribution in [0.3, 0.4) is 0 Å². The third-order valence-electron chi connectivity index (χ3n) is 3.42. The highest BCUT2D eigenvalue weighted by Crippen LogP contribution is 2.36. The van der Waals surface area contributed by atoms with Crippen molar-refractivity contribution in [2.24, 2.45) is 0 Å². The first-order valence-corrected chi connectivity index (χ1v) is 8.85. The lowest BCUT2D eigenvalue weighted by molar-refractivity contribution is 0.109. The van der Waals surface area contributed by atoms with Crippen LogP contribution in [-0.2, 0) is 10.8 Å². The zero-order valence-corrected chi connectivity index (χ0v) is 12.4. The third kappa shape index (κ3) is 3.82. The summed E-state index contributed by atoms with van der Waals surface area (Å²) in [7, 11) is -1.67. The summed E-state index contributed by atoms with van der Waals surface area (Å²) in [5, 5.41) is 0.226. The summed E-state index contributed by atoms with van der Waals surface area (Å²) < 4.78 is 11.3. The lowest BCUT2D eigenvalue weighted by Gasteiger charge is -2.36. The van der Waals surface area contributed by atoms with E-state index >= 15 is 0 Å². The van der Waals surface area contributed by atoms with Gasteiger partial charge in [-0.15, -0.1) is 0 Å². The van der Waals surface area contributed by atoms with Crippen molar-refractivity contribution in [3.8, 4) is 0 Å². The van der Waals surface area contributed by atoms with Crippen molar-refractivity contribution >= 4 is 14.6 Å². The molecule has 1 aromatic heterocycles. The highest BCUT2D eigenvalue weighted by molar-refractivity contribution is 6.74. The van der Waals surface area contributed by atoms with E-state index in [2.05, 4.69) is 33.9 Å². The Bertz CT molecular complexity index is 374. The molecule has 1 aromatic rings. The van der Waals surface area contributed by atoms with Crippen LogP contribution in [0.4, 0.5) is 0 Å². The van der Waals surface area contributed by atoms with Gasteiger partial charge in [0, 0.05) is 13.0 Å². The van der Waals surface area contributed by atoms with Gasteiger partial charge in [-0.25, -0.2) is 0 Å². The Morgan fingerprint density at radius 1 is 1.35 bits per heavy atom. The SMILES string of the molecule is CC(C)(C)[Si](C)(C)OCCc1ccc(C=O)o1. The molecule has 0 fully saturated rings. The minimum atomic E-state index is -1.67. The quantitative estimate of drug-likeness (QED) is 0.594. The van der Waals surface area contributed by atoms with Crippen LogP contribution in [0.15, 0.2) is 16.5 Å². The molecule has 0 aliphatic heterocycles. The van der Waals surface area contributed by atoms with E-state index in [1.807, 2.05) is 6.07 Å². The molecule has 3 nitrogen and oxygen atoms in total. The predicted octanol–water partition coefficient (Wildman–Crippen LogP) is 3.66. The fourth-order valence-corrected chi connectivity index (χ4v) is 2.26. The Kier molecular flexibility index (Phi) is 4.33. The van der Waals surface area contributed by atoms with Crippen molar-refractivity contribution in [3.05, 3.63) is 23.7 Å². The van der Waals surface area contributed by atoms with Gasteiger partial charge in [-0.1, -0.05) is 20.8 Å². The van der Waals surface area contributed by atoms with Crippen LogP contribution in [0.1, 0.15) is 37.1 Å². The van der Waals surface area contributed by atoms with Crippen molar-refractivity contribution in [2.75, 3.05) is 6.61 Å². The van der Waals surface area contributed by atoms with Gasteiger partial charge >= 0.3 is 0 Å². The van der Waals surface area contributed by atoms with Crippen LogP contribution in [0, 0.1) is 0 Å². The average molecular weight is 254 g/mol. The first-order valence-electron chi connectivity index (χ1n) is 5.94. The first kappa shape index (κ1) is 14.2. The molecule has 1 heterocycles.